The third kappa shape index (κ3) is 3.16. The molecule has 0 spiro atoms. The highest BCUT2D eigenvalue weighted by molar-refractivity contribution is 6.30. The highest BCUT2D eigenvalue weighted by Crippen LogP contribution is 2.25. The molecule has 1 unspecified atom stereocenters. The fourth-order valence-electron chi connectivity index (χ4n) is 2.35. The Bertz CT molecular complexity index is 450. The van der Waals surface area contributed by atoms with Crippen molar-refractivity contribution in [3.8, 4) is 6.07 Å². The highest BCUT2D eigenvalue weighted by Gasteiger charge is 2.17. The second-order valence-electron chi connectivity index (χ2n) is 4.74. The summed E-state index contributed by atoms with van der Waals surface area (Å²) in [7, 11) is 2.00. The van der Waals surface area contributed by atoms with Gasteiger partial charge >= 0.3 is 0 Å². The Kier molecular flexibility index (Phi) is 4.46. The second kappa shape index (κ2) is 6.08. The fourth-order valence-corrected chi connectivity index (χ4v) is 2.52. The van der Waals surface area contributed by atoms with E-state index in [4.69, 9.17) is 21.6 Å². The van der Waals surface area contributed by atoms with Gasteiger partial charge in [0.05, 0.1) is 17.9 Å². The number of nitrogens with zero attached hydrogens (tertiary/aromatic N) is 2. The summed E-state index contributed by atoms with van der Waals surface area (Å²) in [5.74, 6) is 0.536. The van der Waals surface area contributed by atoms with E-state index >= 15 is 0 Å². The van der Waals surface area contributed by atoms with Crippen molar-refractivity contribution in [2.75, 3.05) is 31.7 Å². The molecule has 0 saturated carbocycles. The van der Waals surface area contributed by atoms with Gasteiger partial charge in [-0.15, -0.1) is 0 Å². The first-order chi connectivity index (χ1) is 8.70. The largest absolute Gasteiger partial charge is 0.381 e. The van der Waals surface area contributed by atoms with Gasteiger partial charge in [-0.3, -0.25) is 0 Å². The topological polar surface area (TPSA) is 36.3 Å². The molecule has 96 valence electrons. The third-order valence-corrected chi connectivity index (χ3v) is 3.51. The van der Waals surface area contributed by atoms with Gasteiger partial charge in [0, 0.05) is 25.2 Å². The molecule has 1 aliphatic rings. The van der Waals surface area contributed by atoms with Crippen LogP contribution in [0.2, 0.25) is 5.02 Å². The molecule has 1 aliphatic heterocycles. The fraction of sp³-hybridized carbons (Fsp3) is 0.500. The van der Waals surface area contributed by atoms with Gasteiger partial charge in [0.15, 0.2) is 0 Å². The first-order valence-electron chi connectivity index (χ1n) is 6.19. The lowest BCUT2D eigenvalue weighted by atomic mass is 10.0. The van der Waals surface area contributed by atoms with Crippen LogP contribution in [0.4, 0.5) is 5.69 Å². The monoisotopic (exact) mass is 264 g/mol. The summed E-state index contributed by atoms with van der Waals surface area (Å²) in [5.41, 5.74) is 1.56. The molecule has 0 aliphatic carbocycles. The van der Waals surface area contributed by atoms with Gasteiger partial charge in [-0.2, -0.15) is 5.26 Å². The zero-order valence-corrected chi connectivity index (χ0v) is 11.3. The van der Waals surface area contributed by atoms with Crippen molar-refractivity contribution in [1.29, 1.82) is 5.26 Å². The Hall–Kier alpha value is -1.24. The van der Waals surface area contributed by atoms with E-state index in [1.54, 1.807) is 12.1 Å². The van der Waals surface area contributed by atoms with Crippen LogP contribution in [0, 0.1) is 17.2 Å². The molecule has 1 heterocycles. The first-order valence-corrected chi connectivity index (χ1v) is 6.57. The molecular formula is C14H17ClN2O. The lowest BCUT2D eigenvalue weighted by molar-refractivity contribution is 0.0576. The van der Waals surface area contributed by atoms with E-state index in [1.807, 2.05) is 13.1 Å². The summed E-state index contributed by atoms with van der Waals surface area (Å²) >= 11 is 6.00. The number of anilines is 1. The lowest BCUT2D eigenvalue weighted by Gasteiger charge is -2.29. The predicted molar refractivity (Wildman–Crippen MR) is 73.0 cm³/mol. The van der Waals surface area contributed by atoms with Crippen LogP contribution in [0.5, 0.6) is 0 Å². The van der Waals surface area contributed by atoms with E-state index in [2.05, 4.69) is 11.0 Å². The number of halogens is 1. The van der Waals surface area contributed by atoms with Gasteiger partial charge in [0.2, 0.25) is 0 Å². The zero-order valence-electron chi connectivity index (χ0n) is 10.5. The Morgan fingerprint density at radius 1 is 1.56 bits per heavy atom. The molecule has 0 aromatic heterocycles. The minimum Gasteiger partial charge on any atom is -0.381 e. The van der Waals surface area contributed by atoms with Crippen molar-refractivity contribution in [2.24, 2.45) is 5.92 Å². The summed E-state index contributed by atoms with van der Waals surface area (Å²) in [6.07, 6.45) is 2.31. The predicted octanol–water partition coefficient (Wildman–Crippen LogP) is 3.07. The number of hydrogen-bond donors (Lipinski definition) is 0. The lowest BCUT2D eigenvalue weighted by Crippen LogP contribution is -2.31. The molecule has 1 fully saturated rings. The Labute approximate surface area is 113 Å². The van der Waals surface area contributed by atoms with Crippen LogP contribution in [0.15, 0.2) is 18.2 Å². The summed E-state index contributed by atoms with van der Waals surface area (Å²) in [6.45, 7) is 2.59. The molecular weight excluding hydrogens is 248 g/mol. The summed E-state index contributed by atoms with van der Waals surface area (Å²) < 4.78 is 5.48. The van der Waals surface area contributed by atoms with Crippen LogP contribution < -0.4 is 4.90 Å². The molecule has 1 aromatic rings. The molecule has 1 aromatic carbocycles. The van der Waals surface area contributed by atoms with Gasteiger partial charge in [-0.05, 0) is 37.0 Å². The average molecular weight is 265 g/mol. The van der Waals surface area contributed by atoms with Crippen molar-refractivity contribution in [3.63, 3.8) is 0 Å². The second-order valence-corrected chi connectivity index (χ2v) is 5.17. The first kappa shape index (κ1) is 13.2. The van der Waals surface area contributed by atoms with Gasteiger partial charge in [-0.1, -0.05) is 11.6 Å². The molecule has 0 radical (unpaired) electrons. The normalized spacial score (nSPS) is 19.3. The molecule has 18 heavy (non-hydrogen) atoms. The van der Waals surface area contributed by atoms with Crippen LogP contribution in [0.25, 0.3) is 0 Å². The van der Waals surface area contributed by atoms with Crippen LogP contribution in [0.1, 0.15) is 18.4 Å². The van der Waals surface area contributed by atoms with E-state index in [0.29, 0.717) is 16.5 Å². The molecule has 1 atom stereocenters. The molecule has 3 nitrogen and oxygen atoms in total. The number of hydrogen-bond acceptors (Lipinski definition) is 3. The number of nitriles is 1. The molecule has 1 saturated heterocycles. The number of rotatable bonds is 3. The van der Waals surface area contributed by atoms with E-state index in [-0.39, 0.29) is 0 Å². The summed E-state index contributed by atoms with van der Waals surface area (Å²) in [6, 6.07) is 7.58. The van der Waals surface area contributed by atoms with Gasteiger partial charge in [0.25, 0.3) is 0 Å². The zero-order chi connectivity index (χ0) is 13.0. The van der Waals surface area contributed by atoms with E-state index < -0.39 is 0 Å². The van der Waals surface area contributed by atoms with Crippen molar-refractivity contribution < 1.29 is 4.74 Å². The summed E-state index contributed by atoms with van der Waals surface area (Å²) in [4.78, 5) is 2.10. The van der Waals surface area contributed by atoms with Crippen LogP contribution in [0.3, 0.4) is 0 Å². The maximum Gasteiger partial charge on any atom is 0.101 e. The van der Waals surface area contributed by atoms with E-state index in [9.17, 15) is 0 Å². The Balaban J connectivity index is 2.10. The van der Waals surface area contributed by atoms with Crippen LogP contribution >= 0.6 is 11.6 Å². The molecule has 2 rings (SSSR count). The molecule has 0 N–H and O–H groups in total. The Morgan fingerprint density at radius 2 is 2.39 bits per heavy atom. The van der Waals surface area contributed by atoms with E-state index in [0.717, 1.165) is 31.9 Å². The number of ether oxygens (including phenoxy) is 1. The SMILES string of the molecule is CN(CC1CCCOC1)c1cc(Cl)ccc1C#N. The van der Waals surface area contributed by atoms with Crippen molar-refractivity contribution in [2.45, 2.75) is 12.8 Å². The van der Waals surface area contributed by atoms with Crippen molar-refractivity contribution in [1.82, 2.24) is 0 Å². The molecule has 0 amide bonds. The van der Waals surface area contributed by atoms with Gasteiger partial charge in [-0.25, -0.2) is 0 Å². The van der Waals surface area contributed by atoms with Gasteiger partial charge < -0.3 is 9.64 Å². The third-order valence-electron chi connectivity index (χ3n) is 3.28. The maximum atomic E-state index is 9.12. The minimum absolute atomic E-state index is 0.536. The Morgan fingerprint density at radius 3 is 3.06 bits per heavy atom. The van der Waals surface area contributed by atoms with Crippen LogP contribution in [-0.2, 0) is 4.74 Å². The minimum atomic E-state index is 0.536. The van der Waals surface area contributed by atoms with E-state index in [1.165, 1.54) is 6.42 Å². The quantitative estimate of drug-likeness (QED) is 0.842. The van der Waals surface area contributed by atoms with Gasteiger partial charge in [0.1, 0.15) is 6.07 Å². The standard InChI is InChI=1S/C14H17ClN2O/c1-17(9-11-3-2-6-18-10-11)14-7-13(15)5-4-12(14)8-16/h4-5,7,11H,2-3,6,9-10H2,1H3. The van der Waals surface area contributed by atoms with Crippen LogP contribution in [-0.4, -0.2) is 26.8 Å². The number of benzene rings is 1. The highest BCUT2D eigenvalue weighted by atomic mass is 35.5. The molecule has 4 heteroatoms. The van der Waals surface area contributed by atoms with Crippen molar-refractivity contribution in [3.05, 3.63) is 28.8 Å². The van der Waals surface area contributed by atoms with Crippen molar-refractivity contribution >= 4 is 17.3 Å². The smallest absolute Gasteiger partial charge is 0.101 e. The average Bonchev–Trinajstić information content (AvgIpc) is 2.40. The molecule has 0 bridgehead atoms. The maximum absolute atomic E-state index is 9.12. The summed E-state index contributed by atoms with van der Waals surface area (Å²) in [5, 5.41) is 9.78.